The summed E-state index contributed by atoms with van der Waals surface area (Å²) in [5.41, 5.74) is 14.4. The number of anilines is 1. The quantitative estimate of drug-likeness (QED) is 0.233. The van der Waals surface area contributed by atoms with E-state index >= 15 is 0 Å². The lowest BCUT2D eigenvalue weighted by molar-refractivity contribution is 0.0873. The smallest absolute Gasteiger partial charge is 0.407 e. The van der Waals surface area contributed by atoms with Gasteiger partial charge in [-0.2, -0.15) is 5.10 Å². The molecule has 42 heavy (non-hydrogen) atoms. The Hall–Kier alpha value is -4.72. The van der Waals surface area contributed by atoms with Crippen molar-refractivity contribution in [2.45, 2.75) is 23.4 Å². The predicted octanol–water partition coefficient (Wildman–Crippen LogP) is 2.50. The number of aryl methyl sites for hydroxylation is 1. The normalized spacial score (nSPS) is 17.3. The van der Waals surface area contributed by atoms with Gasteiger partial charge in [0, 0.05) is 49.2 Å². The van der Waals surface area contributed by atoms with Crippen LogP contribution in [0.2, 0.25) is 0 Å². The molecule has 1 amide bonds. The van der Waals surface area contributed by atoms with E-state index in [2.05, 4.69) is 10.4 Å². The number of nitrogens with zero attached hydrogens (tertiary/aromatic N) is 5. The Morgan fingerprint density at radius 3 is 2.57 bits per heavy atom. The highest BCUT2D eigenvalue weighted by molar-refractivity contribution is 7.90. The Kier molecular flexibility index (Phi) is 6.72. The third-order valence-electron chi connectivity index (χ3n) is 7.76. The average molecular weight is 587 g/mol. The highest BCUT2D eigenvalue weighted by Crippen LogP contribution is 2.41. The molecule has 3 aromatic heterocycles. The van der Waals surface area contributed by atoms with Gasteiger partial charge in [0.05, 0.1) is 27.8 Å². The van der Waals surface area contributed by atoms with Crippen molar-refractivity contribution < 1.29 is 18.3 Å². The number of nitrogen functional groups attached to an aromatic ring is 1. The topological polar surface area (TPSA) is 174 Å². The predicted molar refractivity (Wildman–Crippen MR) is 158 cm³/mol. The summed E-state index contributed by atoms with van der Waals surface area (Å²) in [6, 6.07) is 17.7. The van der Waals surface area contributed by atoms with Crippen LogP contribution in [0.15, 0.2) is 90.2 Å². The van der Waals surface area contributed by atoms with Crippen LogP contribution < -0.4 is 16.8 Å². The Morgan fingerprint density at radius 2 is 1.86 bits per heavy atom. The van der Waals surface area contributed by atoms with Gasteiger partial charge in [-0.15, -0.1) is 0 Å². The minimum absolute atomic E-state index is 0.104. The van der Waals surface area contributed by atoms with Crippen LogP contribution in [0, 0.1) is 6.92 Å². The van der Waals surface area contributed by atoms with Crippen LogP contribution in [0.25, 0.3) is 16.7 Å². The maximum atomic E-state index is 14.0. The van der Waals surface area contributed by atoms with Crippen molar-refractivity contribution >= 4 is 32.7 Å². The highest BCUT2D eigenvalue weighted by atomic mass is 32.2. The number of amides is 1. The van der Waals surface area contributed by atoms with Crippen LogP contribution in [0.3, 0.4) is 0 Å². The molecular formula is C29H30N8O4S. The monoisotopic (exact) mass is 586 g/mol. The number of nitrogens with one attached hydrogen (secondary N) is 1. The molecule has 0 saturated carbocycles. The summed E-state index contributed by atoms with van der Waals surface area (Å²) < 4.78 is 30.8. The molecule has 4 heterocycles. The Balaban J connectivity index is 1.66. The van der Waals surface area contributed by atoms with Gasteiger partial charge in [-0.05, 0) is 43.3 Å². The summed E-state index contributed by atoms with van der Waals surface area (Å²) in [5, 5.41) is 18.3. The van der Waals surface area contributed by atoms with Crippen LogP contribution in [0.5, 0.6) is 0 Å². The maximum absolute atomic E-state index is 14.0. The number of aromatic nitrogens is 4. The van der Waals surface area contributed by atoms with Crippen LogP contribution in [0.1, 0.15) is 16.8 Å². The van der Waals surface area contributed by atoms with Gasteiger partial charge in [0.25, 0.3) is 10.0 Å². The highest BCUT2D eigenvalue weighted by Gasteiger charge is 2.49. The fourth-order valence-corrected chi connectivity index (χ4v) is 7.00. The first-order chi connectivity index (χ1) is 20.1. The summed E-state index contributed by atoms with van der Waals surface area (Å²) in [6.45, 7) is 2.65. The number of hydrogen-bond acceptors (Lipinski definition) is 8. The van der Waals surface area contributed by atoms with Crippen molar-refractivity contribution in [2.24, 2.45) is 5.73 Å². The molecule has 1 fully saturated rings. The van der Waals surface area contributed by atoms with Gasteiger partial charge in [-0.25, -0.2) is 26.9 Å². The number of rotatable bonds is 6. The van der Waals surface area contributed by atoms with E-state index in [0.29, 0.717) is 28.8 Å². The largest absolute Gasteiger partial charge is 0.465 e. The van der Waals surface area contributed by atoms with Gasteiger partial charge in [0.2, 0.25) is 0 Å². The number of carboxylic acid groups (broad SMARTS) is 1. The first-order valence-corrected chi connectivity index (χ1v) is 14.8. The lowest BCUT2D eigenvalue weighted by Crippen LogP contribution is -2.65. The van der Waals surface area contributed by atoms with E-state index in [9.17, 15) is 18.3 Å². The van der Waals surface area contributed by atoms with Gasteiger partial charge < -0.3 is 26.8 Å². The third kappa shape index (κ3) is 4.38. The Morgan fingerprint density at radius 1 is 1.10 bits per heavy atom. The zero-order valence-electron chi connectivity index (χ0n) is 22.8. The standard InChI is InChI=1S/C29H30N8O4S/c1-19-7-9-20(10-8-19)42(40,41)37-18-22(21-5-2-3-6-24(21)37)29(31,25-17-32-14-16-35(25)28(38)39)27-23(30)11-12-26(34-27)36-15-4-13-33-36/h2-13,15,18,25,32H,14,16-17,30-31H2,1H3,(H,38,39). The summed E-state index contributed by atoms with van der Waals surface area (Å²) in [6.07, 6.45) is 3.63. The molecule has 1 aliphatic rings. The first kappa shape index (κ1) is 27.4. The summed E-state index contributed by atoms with van der Waals surface area (Å²) in [5.74, 6) is 0.417. The third-order valence-corrected chi connectivity index (χ3v) is 9.45. The first-order valence-electron chi connectivity index (χ1n) is 13.3. The Bertz CT molecular complexity index is 1890. The summed E-state index contributed by atoms with van der Waals surface area (Å²) >= 11 is 0. The molecule has 1 aliphatic heterocycles. The molecule has 6 rings (SSSR count). The van der Waals surface area contributed by atoms with Gasteiger partial charge >= 0.3 is 6.09 Å². The van der Waals surface area contributed by atoms with Crippen molar-refractivity contribution in [3.8, 4) is 5.82 Å². The molecule has 2 unspecified atom stereocenters. The van der Waals surface area contributed by atoms with Gasteiger partial charge in [0.15, 0.2) is 5.82 Å². The molecule has 216 valence electrons. The van der Waals surface area contributed by atoms with Crippen molar-refractivity contribution in [3.63, 3.8) is 0 Å². The van der Waals surface area contributed by atoms with Crippen molar-refractivity contribution in [2.75, 3.05) is 25.4 Å². The van der Waals surface area contributed by atoms with Crippen molar-refractivity contribution in [3.05, 3.63) is 102 Å². The maximum Gasteiger partial charge on any atom is 0.407 e. The van der Waals surface area contributed by atoms with E-state index in [4.69, 9.17) is 16.5 Å². The van der Waals surface area contributed by atoms with E-state index < -0.39 is 27.7 Å². The SMILES string of the molecule is Cc1ccc(S(=O)(=O)n2cc(C(N)(c3nc(-n4cccn4)ccc3N)C3CNCCN3C(=O)O)c3ccccc32)cc1. The molecule has 1 saturated heterocycles. The van der Waals surface area contributed by atoms with E-state index in [1.165, 1.54) is 15.1 Å². The lowest BCUT2D eigenvalue weighted by atomic mass is 9.78. The second-order valence-corrected chi connectivity index (χ2v) is 12.1. The Labute approximate surface area is 242 Å². The van der Waals surface area contributed by atoms with E-state index in [1.54, 1.807) is 83.8 Å². The number of para-hydroxylation sites is 1. The number of piperazine rings is 1. The fraction of sp³-hybridized carbons (Fsp3) is 0.207. The van der Waals surface area contributed by atoms with E-state index in [1.807, 2.05) is 6.92 Å². The average Bonchev–Trinajstić information content (AvgIpc) is 3.67. The van der Waals surface area contributed by atoms with Crippen LogP contribution >= 0.6 is 0 Å². The molecule has 0 spiro atoms. The number of fused-ring (bicyclic) bond motifs is 1. The van der Waals surface area contributed by atoms with Gasteiger partial charge in [-0.1, -0.05) is 35.9 Å². The number of benzene rings is 2. The molecule has 2 aromatic carbocycles. The molecule has 12 nitrogen and oxygen atoms in total. The lowest BCUT2D eigenvalue weighted by Gasteiger charge is -2.45. The molecular weight excluding hydrogens is 556 g/mol. The minimum Gasteiger partial charge on any atom is -0.465 e. The molecule has 5 aromatic rings. The fourth-order valence-electron chi connectivity index (χ4n) is 5.63. The van der Waals surface area contributed by atoms with Gasteiger partial charge in [0.1, 0.15) is 5.54 Å². The molecule has 0 radical (unpaired) electrons. The van der Waals surface area contributed by atoms with Crippen LogP contribution in [-0.4, -0.2) is 68.9 Å². The van der Waals surface area contributed by atoms with Crippen molar-refractivity contribution in [1.82, 2.24) is 29.0 Å². The van der Waals surface area contributed by atoms with Crippen molar-refractivity contribution in [1.29, 1.82) is 0 Å². The van der Waals surface area contributed by atoms with Gasteiger partial charge in [-0.3, -0.25) is 0 Å². The zero-order chi connectivity index (χ0) is 29.6. The number of carbonyl (C=O) groups is 1. The van der Waals surface area contributed by atoms with Crippen LogP contribution in [-0.2, 0) is 15.6 Å². The number of nitrogens with two attached hydrogens (primary N) is 2. The molecule has 13 heteroatoms. The van der Waals surface area contributed by atoms with E-state index in [0.717, 1.165) is 5.56 Å². The number of hydrogen-bond donors (Lipinski definition) is 4. The molecule has 0 aliphatic carbocycles. The van der Waals surface area contributed by atoms with Crippen LogP contribution in [0.4, 0.5) is 10.5 Å². The minimum atomic E-state index is -4.07. The second-order valence-electron chi connectivity index (χ2n) is 10.3. The van der Waals surface area contributed by atoms with E-state index in [-0.39, 0.29) is 29.4 Å². The molecule has 6 N–H and O–H groups in total. The summed E-state index contributed by atoms with van der Waals surface area (Å²) in [7, 11) is -4.07. The molecule has 0 bridgehead atoms. The zero-order valence-corrected chi connectivity index (χ0v) is 23.6. The summed E-state index contributed by atoms with van der Waals surface area (Å²) in [4.78, 5) is 18.7. The molecule has 2 atom stereocenters. The second kappa shape index (κ2) is 10.3. The number of pyridine rings is 1.